The Bertz CT molecular complexity index is 557. The average molecular weight is 289 g/mol. The van der Waals surface area contributed by atoms with Gasteiger partial charge in [0.15, 0.2) is 0 Å². The first-order chi connectivity index (χ1) is 10.2. The third kappa shape index (κ3) is 2.88. The predicted molar refractivity (Wildman–Crippen MR) is 81.4 cm³/mol. The van der Waals surface area contributed by atoms with E-state index in [-0.39, 0.29) is 23.1 Å². The van der Waals surface area contributed by atoms with Gasteiger partial charge in [0.05, 0.1) is 0 Å². The number of nitrogens with zero attached hydrogens (tertiary/aromatic N) is 1. The molecule has 2 aliphatic rings. The van der Waals surface area contributed by atoms with Crippen molar-refractivity contribution >= 4 is 5.91 Å². The molecule has 2 aliphatic heterocycles. The van der Waals surface area contributed by atoms with Crippen molar-refractivity contribution in [1.82, 2.24) is 15.2 Å². The van der Waals surface area contributed by atoms with E-state index in [0.29, 0.717) is 12.1 Å². The van der Waals surface area contributed by atoms with E-state index < -0.39 is 0 Å². The van der Waals surface area contributed by atoms with Crippen molar-refractivity contribution in [2.45, 2.75) is 57.2 Å². The largest absolute Gasteiger partial charge is 0.335 e. The summed E-state index contributed by atoms with van der Waals surface area (Å²) in [7, 11) is 0. The van der Waals surface area contributed by atoms with Crippen molar-refractivity contribution in [2.24, 2.45) is 0 Å². The molecule has 2 unspecified atom stereocenters. The van der Waals surface area contributed by atoms with Crippen LogP contribution in [0.2, 0.25) is 0 Å². The number of amides is 1. The molecule has 2 N–H and O–H groups in total. The second-order valence-corrected chi connectivity index (χ2v) is 6.17. The fourth-order valence-electron chi connectivity index (χ4n) is 3.72. The Morgan fingerprint density at radius 2 is 2.05 bits per heavy atom. The van der Waals surface area contributed by atoms with Crippen molar-refractivity contribution < 1.29 is 4.79 Å². The van der Waals surface area contributed by atoms with Gasteiger partial charge in [-0.3, -0.25) is 9.59 Å². The summed E-state index contributed by atoms with van der Waals surface area (Å²) in [5.41, 5.74) is -0.0302. The van der Waals surface area contributed by atoms with E-state index >= 15 is 0 Å². The third-order valence-corrected chi connectivity index (χ3v) is 4.66. The number of nitrogens with one attached hydrogen (secondary N) is 2. The summed E-state index contributed by atoms with van der Waals surface area (Å²) in [6, 6.07) is 4.67. The number of piperidine rings is 1. The summed E-state index contributed by atoms with van der Waals surface area (Å²) in [6.45, 7) is 2.79. The molecule has 3 rings (SSSR count). The molecule has 0 radical (unpaired) electrons. The molecule has 1 aromatic heterocycles. The van der Waals surface area contributed by atoms with Crippen LogP contribution >= 0.6 is 0 Å². The number of fused-ring (bicyclic) bond motifs is 2. The molecule has 5 heteroatoms. The number of pyridine rings is 1. The Morgan fingerprint density at radius 3 is 2.67 bits per heavy atom. The molecular formula is C16H23N3O2. The van der Waals surface area contributed by atoms with Crippen LogP contribution in [0.4, 0.5) is 0 Å². The Balaban J connectivity index is 1.82. The summed E-state index contributed by atoms with van der Waals surface area (Å²) >= 11 is 0. The minimum Gasteiger partial charge on any atom is -0.335 e. The van der Waals surface area contributed by atoms with E-state index in [1.807, 2.05) is 4.90 Å². The molecule has 2 atom stereocenters. The van der Waals surface area contributed by atoms with Gasteiger partial charge in [0.2, 0.25) is 0 Å². The Hall–Kier alpha value is -1.62. The summed E-state index contributed by atoms with van der Waals surface area (Å²) in [5, 5.41) is 3.60. The van der Waals surface area contributed by atoms with E-state index in [1.54, 1.807) is 18.3 Å². The van der Waals surface area contributed by atoms with Gasteiger partial charge >= 0.3 is 0 Å². The number of hydrogen-bond acceptors (Lipinski definition) is 3. The zero-order chi connectivity index (χ0) is 14.8. The second kappa shape index (κ2) is 6.02. The molecule has 114 valence electrons. The number of hydrogen-bond donors (Lipinski definition) is 2. The molecule has 3 heterocycles. The molecule has 21 heavy (non-hydrogen) atoms. The number of carbonyl (C=O) groups is 1. The number of H-pyrrole nitrogens is 1. The van der Waals surface area contributed by atoms with Crippen LogP contribution in [-0.4, -0.2) is 40.5 Å². The predicted octanol–water partition coefficient (Wildman–Crippen LogP) is 1.51. The summed E-state index contributed by atoms with van der Waals surface area (Å²) in [6.07, 6.45) is 6.91. The van der Waals surface area contributed by atoms with Crippen molar-refractivity contribution in [2.75, 3.05) is 6.54 Å². The maximum absolute atomic E-state index is 12.8. The molecule has 5 nitrogen and oxygen atoms in total. The van der Waals surface area contributed by atoms with Gasteiger partial charge < -0.3 is 15.2 Å². The lowest BCUT2D eigenvalue weighted by atomic mass is 9.97. The van der Waals surface area contributed by atoms with E-state index in [1.165, 1.54) is 12.8 Å². The van der Waals surface area contributed by atoms with Gasteiger partial charge in [0.25, 0.3) is 11.5 Å². The SMILES string of the molecule is CCCN(C(=O)c1ccc[nH]c1=O)C1CC2CCC(C1)N2. The smallest absolute Gasteiger partial charge is 0.260 e. The molecule has 0 aromatic carbocycles. The van der Waals surface area contributed by atoms with Crippen LogP contribution in [-0.2, 0) is 0 Å². The number of carbonyl (C=O) groups excluding carboxylic acids is 1. The average Bonchev–Trinajstić information content (AvgIpc) is 2.83. The molecule has 2 bridgehead atoms. The summed E-state index contributed by atoms with van der Waals surface area (Å²) < 4.78 is 0. The second-order valence-electron chi connectivity index (χ2n) is 6.17. The number of aromatic amines is 1. The third-order valence-electron chi connectivity index (χ3n) is 4.66. The van der Waals surface area contributed by atoms with Gasteiger partial charge in [-0.1, -0.05) is 6.92 Å². The van der Waals surface area contributed by atoms with Crippen molar-refractivity contribution in [3.05, 3.63) is 34.2 Å². The van der Waals surface area contributed by atoms with Crippen LogP contribution < -0.4 is 10.9 Å². The van der Waals surface area contributed by atoms with Gasteiger partial charge in [0, 0.05) is 30.9 Å². The zero-order valence-corrected chi connectivity index (χ0v) is 12.5. The molecule has 0 aliphatic carbocycles. The first-order valence-corrected chi connectivity index (χ1v) is 7.93. The topological polar surface area (TPSA) is 65.2 Å². The lowest BCUT2D eigenvalue weighted by molar-refractivity contribution is 0.0615. The van der Waals surface area contributed by atoms with Crippen LogP contribution in [0.15, 0.2) is 23.1 Å². The minimum atomic E-state index is -0.291. The fraction of sp³-hybridized carbons (Fsp3) is 0.625. The quantitative estimate of drug-likeness (QED) is 0.883. The lowest BCUT2D eigenvalue weighted by Gasteiger charge is -2.37. The van der Waals surface area contributed by atoms with Crippen LogP contribution in [0.5, 0.6) is 0 Å². The Kier molecular flexibility index (Phi) is 4.10. The molecule has 2 fully saturated rings. The molecular weight excluding hydrogens is 266 g/mol. The summed E-state index contributed by atoms with van der Waals surface area (Å²) in [5.74, 6) is -0.120. The fourth-order valence-corrected chi connectivity index (χ4v) is 3.72. The maximum atomic E-state index is 12.8. The van der Waals surface area contributed by atoms with Crippen LogP contribution in [0.1, 0.15) is 49.4 Å². The van der Waals surface area contributed by atoms with Crippen molar-refractivity contribution in [1.29, 1.82) is 0 Å². The normalized spacial score (nSPS) is 27.6. The van der Waals surface area contributed by atoms with Crippen molar-refractivity contribution in [3.8, 4) is 0 Å². The van der Waals surface area contributed by atoms with Gasteiger partial charge in [-0.25, -0.2) is 0 Å². The molecule has 0 spiro atoms. The first kappa shape index (κ1) is 14.3. The van der Waals surface area contributed by atoms with Gasteiger partial charge in [-0.05, 0) is 44.2 Å². The maximum Gasteiger partial charge on any atom is 0.260 e. The van der Waals surface area contributed by atoms with Crippen LogP contribution in [0, 0.1) is 0 Å². The highest BCUT2D eigenvalue weighted by Crippen LogP contribution is 2.30. The van der Waals surface area contributed by atoms with E-state index in [0.717, 1.165) is 25.8 Å². The van der Waals surface area contributed by atoms with E-state index in [4.69, 9.17) is 0 Å². The highest BCUT2D eigenvalue weighted by Gasteiger charge is 2.37. The minimum absolute atomic E-state index is 0.120. The highest BCUT2D eigenvalue weighted by atomic mass is 16.2. The first-order valence-electron chi connectivity index (χ1n) is 7.93. The van der Waals surface area contributed by atoms with Gasteiger partial charge in [-0.2, -0.15) is 0 Å². The van der Waals surface area contributed by atoms with E-state index in [2.05, 4.69) is 17.2 Å². The van der Waals surface area contributed by atoms with Crippen LogP contribution in [0.25, 0.3) is 0 Å². The molecule has 0 saturated carbocycles. The Morgan fingerprint density at radius 1 is 1.33 bits per heavy atom. The van der Waals surface area contributed by atoms with Crippen molar-refractivity contribution in [3.63, 3.8) is 0 Å². The van der Waals surface area contributed by atoms with Gasteiger partial charge in [-0.15, -0.1) is 0 Å². The molecule has 2 saturated heterocycles. The zero-order valence-electron chi connectivity index (χ0n) is 12.5. The highest BCUT2D eigenvalue weighted by molar-refractivity contribution is 5.94. The molecule has 1 amide bonds. The van der Waals surface area contributed by atoms with Crippen LogP contribution in [0.3, 0.4) is 0 Å². The van der Waals surface area contributed by atoms with E-state index in [9.17, 15) is 9.59 Å². The monoisotopic (exact) mass is 289 g/mol. The standard InChI is InChI=1S/C16H23N3O2/c1-2-8-19(13-9-11-5-6-12(10-13)18-11)16(21)14-4-3-7-17-15(14)20/h3-4,7,11-13,18H,2,5-6,8-10H2,1H3,(H,17,20). The number of rotatable bonds is 4. The summed E-state index contributed by atoms with van der Waals surface area (Å²) in [4.78, 5) is 29.2. The number of aromatic nitrogens is 1. The lowest BCUT2D eigenvalue weighted by Crippen LogP contribution is -2.51. The molecule has 1 aromatic rings. The Labute approximate surface area is 124 Å². The van der Waals surface area contributed by atoms with Gasteiger partial charge in [0.1, 0.15) is 5.56 Å².